The van der Waals surface area contributed by atoms with Gasteiger partial charge in [0, 0.05) is 12.0 Å². The predicted molar refractivity (Wildman–Crippen MR) is 54.8 cm³/mol. The molecule has 3 heteroatoms. The van der Waals surface area contributed by atoms with E-state index in [1.54, 1.807) is 13.0 Å². The van der Waals surface area contributed by atoms with Crippen LogP contribution >= 0.6 is 0 Å². The number of esters is 1. The molecule has 0 saturated carbocycles. The molecule has 0 atom stereocenters. The normalized spacial score (nSPS) is 10.9. The predicted octanol–water partition coefficient (Wildman–Crippen LogP) is 2.03. The van der Waals surface area contributed by atoms with Crippen molar-refractivity contribution in [1.82, 2.24) is 0 Å². The van der Waals surface area contributed by atoms with Crippen LogP contribution in [0.3, 0.4) is 0 Å². The number of allylic oxidation sites excluding steroid dienone is 3. The van der Waals surface area contributed by atoms with Crippen LogP contribution in [0.25, 0.3) is 0 Å². The van der Waals surface area contributed by atoms with Crippen LogP contribution in [0.15, 0.2) is 23.8 Å². The summed E-state index contributed by atoms with van der Waals surface area (Å²) in [5, 5.41) is 0. The van der Waals surface area contributed by atoms with Crippen molar-refractivity contribution in [2.45, 2.75) is 26.7 Å². The van der Waals surface area contributed by atoms with Crippen LogP contribution in [0, 0.1) is 0 Å². The Kier molecular flexibility index (Phi) is 6.37. The number of rotatable bonds is 6. The molecule has 3 nitrogen and oxygen atoms in total. The van der Waals surface area contributed by atoms with Gasteiger partial charge < -0.3 is 4.74 Å². The maximum absolute atomic E-state index is 11.0. The van der Waals surface area contributed by atoms with Gasteiger partial charge in [-0.2, -0.15) is 0 Å². The minimum atomic E-state index is -0.211. The van der Waals surface area contributed by atoms with Crippen molar-refractivity contribution in [3.05, 3.63) is 23.8 Å². The van der Waals surface area contributed by atoms with Gasteiger partial charge in [-0.25, -0.2) is 0 Å². The minimum Gasteiger partial charge on any atom is -0.466 e. The Bertz CT molecular complexity index is 251. The number of hydrogen-bond donors (Lipinski definition) is 0. The van der Waals surface area contributed by atoms with Crippen molar-refractivity contribution >= 4 is 12.3 Å². The lowest BCUT2D eigenvalue weighted by Gasteiger charge is -2.01. The fourth-order valence-electron chi connectivity index (χ4n) is 0.955. The van der Waals surface area contributed by atoms with Crippen LogP contribution in [0.1, 0.15) is 26.7 Å². The van der Waals surface area contributed by atoms with Gasteiger partial charge in [0.05, 0.1) is 6.61 Å². The molecule has 0 N–H and O–H groups in total. The van der Waals surface area contributed by atoms with E-state index in [4.69, 9.17) is 4.74 Å². The van der Waals surface area contributed by atoms with Crippen LogP contribution in [-0.4, -0.2) is 18.9 Å². The molecule has 0 aromatic heterocycles. The fraction of sp³-hybridized carbons (Fsp3) is 0.455. The second kappa shape index (κ2) is 7.06. The third-order valence-corrected chi connectivity index (χ3v) is 1.61. The lowest BCUT2D eigenvalue weighted by Crippen LogP contribution is -2.03. The number of ether oxygens (including phenoxy) is 1. The Hall–Kier alpha value is -1.38. The summed E-state index contributed by atoms with van der Waals surface area (Å²) in [6.07, 6.45) is 3.31. The topological polar surface area (TPSA) is 43.4 Å². The van der Waals surface area contributed by atoms with Crippen molar-refractivity contribution < 1.29 is 14.3 Å². The maximum atomic E-state index is 11.0. The first-order valence-corrected chi connectivity index (χ1v) is 4.57. The minimum absolute atomic E-state index is 0.211. The van der Waals surface area contributed by atoms with Crippen molar-refractivity contribution in [3.63, 3.8) is 0 Å². The van der Waals surface area contributed by atoms with E-state index in [1.165, 1.54) is 0 Å². The van der Waals surface area contributed by atoms with Crippen LogP contribution in [0.2, 0.25) is 0 Å². The Balaban J connectivity index is 3.89. The van der Waals surface area contributed by atoms with Gasteiger partial charge in [-0.1, -0.05) is 18.2 Å². The van der Waals surface area contributed by atoms with E-state index in [2.05, 4.69) is 6.58 Å². The van der Waals surface area contributed by atoms with E-state index >= 15 is 0 Å². The summed E-state index contributed by atoms with van der Waals surface area (Å²) in [6.45, 7) is 7.55. The van der Waals surface area contributed by atoms with E-state index in [0.717, 1.165) is 5.57 Å². The monoisotopic (exact) mass is 196 g/mol. The number of aldehydes is 1. The number of carbonyl (C=O) groups is 2. The second-order valence-corrected chi connectivity index (χ2v) is 2.99. The lowest BCUT2D eigenvalue weighted by molar-refractivity contribution is -0.143. The first kappa shape index (κ1) is 12.6. The summed E-state index contributed by atoms with van der Waals surface area (Å²) in [6, 6.07) is 0. The molecule has 0 fully saturated rings. The van der Waals surface area contributed by atoms with E-state index in [1.807, 2.05) is 6.92 Å². The maximum Gasteiger partial charge on any atom is 0.306 e. The molecule has 0 aliphatic heterocycles. The van der Waals surface area contributed by atoms with Crippen LogP contribution in [-0.2, 0) is 14.3 Å². The molecule has 0 aliphatic rings. The van der Waals surface area contributed by atoms with Gasteiger partial charge in [0.25, 0.3) is 0 Å². The summed E-state index contributed by atoms with van der Waals surface area (Å²) in [5.41, 5.74) is 1.38. The van der Waals surface area contributed by atoms with Gasteiger partial charge in [0.1, 0.15) is 6.29 Å². The van der Waals surface area contributed by atoms with Gasteiger partial charge in [0.15, 0.2) is 0 Å². The van der Waals surface area contributed by atoms with Gasteiger partial charge in [-0.3, -0.25) is 9.59 Å². The lowest BCUT2D eigenvalue weighted by atomic mass is 10.1. The summed E-state index contributed by atoms with van der Waals surface area (Å²) in [5.74, 6) is -0.211. The molecule has 0 aromatic carbocycles. The molecule has 0 spiro atoms. The van der Waals surface area contributed by atoms with Crippen molar-refractivity contribution in [2.75, 3.05) is 6.61 Å². The molecule has 0 aromatic rings. The first-order chi connectivity index (χ1) is 6.60. The molecule has 0 heterocycles. The van der Waals surface area contributed by atoms with Gasteiger partial charge in [-0.15, -0.1) is 0 Å². The highest BCUT2D eigenvalue weighted by molar-refractivity contribution is 5.76. The molecule has 0 aliphatic carbocycles. The van der Waals surface area contributed by atoms with E-state index < -0.39 is 0 Å². The fourth-order valence-corrected chi connectivity index (χ4v) is 0.955. The van der Waals surface area contributed by atoms with Crippen LogP contribution in [0.5, 0.6) is 0 Å². The van der Waals surface area contributed by atoms with Crippen LogP contribution < -0.4 is 0 Å². The summed E-state index contributed by atoms with van der Waals surface area (Å²) in [7, 11) is 0. The quantitative estimate of drug-likeness (QED) is 0.282. The van der Waals surface area contributed by atoms with Crippen molar-refractivity contribution in [1.29, 1.82) is 0 Å². The van der Waals surface area contributed by atoms with Crippen molar-refractivity contribution in [3.8, 4) is 0 Å². The molecule has 0 radical (unpaired) electrons. The molecule has 0 bridgehead atoms. The average Bonchev–Trinajstić information content (AvgIpc) is 2.15. The Labute approximate surface area is 84.4 Å². The van der Waals surface area contributed by atoms with Crippen molar-refractivity contribution in [2.24, 2.45) is 0 Å². The van der Waals surface area contributed by atoms with Crippen LogP contribution in [0.4, 0.5) is 0 Å². The third kappa shape index (κ3) is 6.17. The third-order valence-electron chi connectivity index (χ3n) is 1.61. The highest BCUT2D eigenvalue weighted by atomic mass is 16.5. The molecular weight excluding hydrogens is 180 g/mol. The summed E-state index contributed by atoms with van der Waals surface area (Å²) >= 11 is 0. The Morgan fingerprint density at radius 2 is 2.07 bits per heavy atom. The Morgan fingerprint density at radius 1 is 1.43 bits per heavy atom. The molecule has 0 amide bonds. The molecule has 0 rings (SSSR count). The van der Waals surface area contributed by atoms with Gasteiger partial charge >= 0.3 is 5.97 Å². The van der Waals surface area contributed by atoms with Gasteiger partial charge in [0.2, 0.25) is 0 Å². The number of carbonyl (C=O) groups excluding carboxylic acids is 2. The van der Waals surface area contributed by atoms with E-state index in [0.29, 0.717) is 31.3 Å². The number of hydrogen-bond acceptors (Lipinski definition) is 3. The summed E-state index contributed by atoms with van der Waals surface area (Å²) in [4.78, 5) is 21.2. The summed E-state index contributed by atoms with van der Waals surface area (Å²) < 4.78 is 4.77. The molecule has 14 heavy (non-hydrogen) atoms. The highest BCUT2D eigenvalue weighted by Crippen LogP contribution is 2.07. The molecule has 78 valence electrons. The SMILES string of the molecule is C=C(C=O)/C=C(\C)CCC(=O)OCC. The smallest absolute Gasteiger partial charge is 0.306 e. The zero-order valence-corrected chi connectivity index (χ0v) is 8.71. The van der Waals surface area contributed by atoms with Gasteiger partial charge in [-0.05, 0) is 20.3 Å². The highest BCUT2D eigenvalue weighted by Gasteiger charge is 2.01. The van der Waals surface area contributed by atoms with E-state index in [9.17, 15) is 9.59 Å². The zero-order chi connectivity index (χ0) is 11.0. The Morgan fingerprint density at radius 3 is 2.57 bits per heavy atom. The van der Waals surface area contributed by atoms with E-state index in [-0.39, 0.29) is 5.97 Å². The zero-order valence-electron chi connectivity index (χ0n) is 8.71. The molecule has 0 saturated heterocycles. The molecule has 0 unspecified atom stereocenters. The molecular formula is C11H16O3. The average molecular weight is 196 g/mol. The second-order valence-electron chi connectivity index (χ2n) is 2.99. The standard InChI is InChI=1S/C11H16O3/c1-4-14-11(13)6-5-9(2)7-10(3)8-12/h7-8H,3-6H2,1-2H3/b9-7+. The largest absolute Gasteiger partial charge is 0.466 e. The first-order valence-electron chi connectivity index (χ1n) is 4.57.